The Morgan fingerprint density at radius 3 is 1.38 bits per heavy atom. The highest BCUT2D eigenvalue weighted by atomic mass is 28.4. The van der Waals surface area contributed by atoms with Gasteiger partial charge in [-0.1, -0.05) is 71.9 Å². The zero-order chi connectivity index (χ0) is 18.1. The van der Waals surface area contributed by atoms with E-state index in [9.17, 15) is 0 Å². The molecule has 1 aromatic rings. The van der Waals surface area contributed by atoms with E-state index in [1.165, 1.54) is 41.8 Å². The fourth-order valence-corrected chi connectivity index (χ4v) is 16.9. The molecule has 0 amide bonds. The van der Waals surface area contributed by atoms with E-state index in [4.69, 9.17) is 8.23 Å². The summed E-state index contributed by atoms with van der Waals surface area (Å²) in [6.07, 6.45) is 0. The van der Waals surface area contributed by atoms with Crippen LogP contribution in [0, 0.1) is 0 Å². The molecule has 5 heteroatoms. The Morgan fingerprint density at radius 2 is 1.04 bits per heavy atom. The molecule has 0 saturated heterocycles. The van der Waals surface area contributed by atoms with E-state index in [0.717, 1.165) is 6.04 Å². The zero-order valence-electron chi connectivity index (χ0n) is 16.7. The van der Waals surface area contributed by atoms with Crippen molar-refractivity contribution in [3.05, 3.63) is 35.9 Å². The van der Waals surface area contributed by atoms with Crippen molar-refractivity contribution in [2.24, 2.45) is 0 Å². The average molecular weight is 383 g/mol. The summed E-state index contributed by atoms with van der Waals surface area (Å²) in [6.45, 7) is 13.9. The molecule has 1 aromatic carbocycles. The van der Waals surface area contributed by atoms with Gasteiger partial charge in [-0.2, -0.15) is 0 Å². The van der Waals surface area contributed by atoms with E-state index in [2.05, 4.69) is 71.9 Å². The molecule has 24 heavy (non-hydrogen) atoms. The second-order valence-electron chi connectivity index (χ2n) is 6.84. The van der Waals surface area contributed by atoms with Gasteiger partial charge in [0.05, 0.1) is 0 Å². The van der Waals surface area contributed by atoms with Crippen LogP contribution < -0.4 is 0 Å². The topological polar surface area (TPSA) is 18.5 Å². The Labute approximate surface area is 154 Å². The van der Waals surface area contributed by atoms with Crippen LogP contribution >= 0.6 is 0 Å². The third-order valence-corrected chi connectivity index (χ3v) is 20.5. The van der Waals surface area contributed by atoms with Gasteiger partial charge in [0.15, 0.2) is 16.6 Å². The smallest absolute Gasteiger partial charge is 0.305 e. The second kappa shape index (κ2) is 10.7. The molecule has 0 unspecified atom stereocenters. The normalized spacial score (nSPS) is 12.8. The van der Waals surface area contributed by atoms with Crippen molar-refractivity contribution in [2.45, 2.75) is 83.9 Å². The lowest BCUT2D eigenvalue weighted by molar-refractivity contribution is 0.398. The molecule has 0 heterocycles. The summed E-state index contributed by atoms with van der Waals surface area (Å²) >= 11 is 0. The SMILES string of the molecule is CC[Si](CC)(CC)O[SiH](Cc1ccccc1)O[Si](CC)(CC)CC. The largest absolute Gasteiger partial charge is 0.438 e. The molecule has 0 fully saturated rings. The summed E-state index contributed by atoms with van der Waals surface area (Å²) in [5.41, 5.74) is 1.38. The van der Waals surface area contributed by atoms with Crippen LogP contribution in [0.15, 0.2) is 30.3 Å². The van der Waals surface area contributed by atoms with Crippen molar-refractivity contribution < 1.29 is 8.23 Å². The van der Waals surface area contributed by atoms with E-state index in [1.54, 1.807) is 0 Å². The van der Waals surface area contributed by atoms with Crippen LogP contribution in [0.2, 0.25) is 36.3 Å². The van der Waals surface area contributed by atoms with E-state index < -0.39 is 25.9 Å². The maximum Gasteiger partial charge on any atom is 0.305 e. The number of benzene rings is 1. The fraction of sp³-hybridized carbons (Fsp3) is 0.684. The van der Waals surface area contributed by atoms with E-state index >= 15 is 0 Å². The van der Waals surface area contributed by atoms with E-state index in [1.807, 2.05) is 0 Å². The van der Waals surface area contributed by atoms with Gasteiger partial charge in [0.1, 0.15) is 0 Å². The summed E-state index contributed by atoms with van der Waals surface area (Å²) in [6, 6.07) is 19.1. The molecule has 0 atom stereocenters. The predicted octanol–water partition coefficient (Wildman–Crippen LogP) is 6.03. The summed E-state index contributed by atoms with van der Waals surface area (Å²) in [7, 11) is -4.92. The molecule has 0 bridgehead atoms. The van der Waals surface area contributed by atoms with Gasteiger partial charge in [-0.25, -0.2) is 0 Å². The third kappa shape index (κ3) is 5.95. The van der Waals surface area contributed by atoms with Crippen LogP contribution in [-0.4, -0.2) is 25.9 Å². The monoisotopic (exact) mass is 382 g/mol. The first-order chi connectivity index (χ1) is 11.5. The predicted molar refractivity (Wildman–Crippen MR) is 114 cm³/mol. The maximum atomic E-state index is 6.94. The van der Waals surface area contributed by atoms with Gasteiger partial charge in [-0.15, -0.1) is 0 Å². The first-order valence-electron chi connectivity index (χ1n) is 9.92. The Kier molecular flexibility index (Phi) is 9.74. The van der Waals surface area contributed by atoms with Crippen LogP contribution in [0.3, 0.4) is 0 Å². The van der Waals surface area contributed by atoms with Crippen LogP contribution in [0.5, 0.6) is 0 Å². The molecule has 0 aliphatic heterocycles. The molecular weight excluding hydrogens is 344 g/mol. The van der Waals surface area contributed by atoms with E-state index in [0.29, 0.717) is 0 Å². The van der Waals surface area contributed by atoms with Crippen molar-refractivity contribution >= 4 is 25.9 Å². The number of hydrogen-bond acceptors (Lipinski definition) is 2. The second-order valence-corrected chi connectivity index (χ2v) is 19.0. The molecule has 2 nitrogen and oxygen atoms in total. The lowest BCUT2D eigenvalue weighted by Crippen LogP contribution is -2.50. The van der Waals surface area contributed by atoms with Gasteiger partial charge in [-0.3, -0.25) is 0 Å². The highest BCUT2D eigenvalue weighted by Gasteiger charge is 2.38. The van der Waals surface area contributed by atoms with Crippen LogP contribution in [0.1, 0.15) is 47.1 Å². The van der Waals surface area contributed by atoms with Crippen LogP contribution in [0.25, 0.3) is 0 Å². The highest BCUT2D eigenvalue weighted by molar-refractivity contribution is 6.83. The number of hydrogen-bond donors (Lipinski definition) is 0. The van der Waals surface area contributed by atoms with Crippen LogP contribution in [0.4, 0.5) is 0 Å². The van der Waals surface area contributed by atoms with Gasteiger partial charge in [0, 0.05) is 6.04 Å². The molecule has 0 spiro atoms. The minimum absolute atomic E-state index is 1.02. The van der Waals surface area contributed by atoms with Gasteiger partial charge in [-0.05, 0) is 41.8 Å². The minimum Gasteiger partial charge on any atom is -0.438 e. The van der Waals surface area contributed by atoms with Gasteiger partial charge in [0.2, 0.25) is 0 Å². The highest BCUT2D eigenvalue weighted by Crippen LogP contribution is 2.28. The molecule has 0 saturated carbocycles. The molecule has 1 rings (SSSR count). The molecular formula is C19H38O2Si3. The Morgan fingerprint density at radius 1 is 0.667 bits per heavy atom. The number of rotatable bonds is 12. The zero-order valence-corrected chi connectivity index (χ0v) is 19.9. The van der Waals surface area contributed by atoms with Crippen molar-refractivity contribution in [2.75, 3.05) is 0 Å². The molecule has 0 radical (unpaired) electrons. The first kappa shape index (κ1) is 21.8. The summed E-state index contributed by atoms with van der Waals surface area (Å²) < 4.78 is 13.9. The van der Waals surface area contributed by atoms with Gasteiger partial charge >= 0.3 is 9.28 Å². The molecule has 138 valence electrons. The summed E-state index contributed by atoms with van der Waals surface area (Å²) in [5, 5.41) is 0. The lowest BCUT2D eigenvalue weighted by Gasteiger charge is -2.38. The lowest BCUT2D eigenvalue weighted by atomic mass is 10.2. The van der Waals surface area contributed by atoms with Crippen molar-refractivity contribution in [1.82, 2.24) is 0 Å². The molecule has 0 aliphatic rings. The minimum atomic E-state index is -1.69. The Bertz CT molecular complexity index is 407. The molecule has 0 aliphatic carbocycles. The third-order valence-electron chi connectivity index (χ3n) is 5.87. The fourth-order valence-electron chi connectivity index (χ4n) is 3.47. The van der Waals surface area contributed by atoms with Gasteiger partial charge in [0.25, 0.3) is 0 Å². The van der Waals surface area contributed by atoms with Crippen molar-refractivity contribution in [3.8, 4) is 0 Å². The Hall–Kier alpha value is -0.209. The standard InChI is InChI=1S/C19H38O2Si3/c1-7-23(8-2,9-3)20-22(18-19-16-14-13-15-17-19)21-24(10-4,11-5)12-6/h13-17,22H,7-12,18H2,1-6H3. The van der Waals surface area contributed by atoms with Crippen LogP contribution in [-0.2, 0) is 14.3 Å². The average Bonchev–Trinajstić information content (AvgIpc) is 2.65. The first-order valence-corrected chi connectivity index (χ1v) is 16.7. The van der Waals surface area contributed by atoms with Gasteiger partial charge < -0.3 is 8.23 Å². The summed E-state index contributed by atoms with van der Waals surface area (Å²) in [5.74, 6) is 0. The Balaban J connectivity index is 3.02. The molecule has 0 N–H and O–H groups in total. The quantitative estimate of drug-likeness (QED) is 0.411. The summed E-state index contributed by atoms with van der Waals surface area (Å²) in [4.78, 5) is 0. The molecule has 0 aromatic heterocycles. The van der Waals surface area contributed by atoms with Crippen molar-refractivity contribution in [3.63, 3.8) is 0 Å². The maximum absolute atomic E-state index is 6.94. The van der Waals surface area contributed by atoms with Crippen molar-refractivity contribution in [1.29, 1.82) is 0 Å². The van der Waals surface area contributed by atoms with E-state index in [-0.39, 0.29) is 0 Å².